The van der Waals surface area contributed by atoms with Crippen LogP contribution in [0.4, 0.5) is 17.1 Å². The third-order valence-electron chi connectivity index (χ3n) is 5.20. The zero-order chi connectivity index (χ0) is 19.8. The molecule has 0 spiro atoms. The summed E-state index contributed by atoms with van der Waals surface area (Å²) in [5, 5.41) is 14.4. The van der Waals surface area contributed by atoms with E-state index in [-0.39, 0.29) is 17.4 Å². The van der Waals surface area contributed by atoms with E-state index in [1.807, 2.05) is 24.3 Å². The van der Waals surface area contributed by atoms with Crippen molar-refractivity contribution in [3.05, 3.63) is 75.5 Å². The molecule has 1 amide bonds. The number of benzene rings is 2. The minimum atomic E-state index is -0.628. The Kier molecular flexibility index (Phi) is 4.43. The average Bonchev–Trinajstić information content (AvgIpc) is 2.83. The molecule has 0 saturated carbocycles. The van der Waals surface area contributed by atoms with Crippen LogP contribution in [0.1, 0.15) is 37.8 Å². The van der Waals surface area contributed by atoms with Gasteiger partial charge in [-0.1, -0.05) is 12.1 Å². The fraction of sp³-hybridized carbons (Fsp3) is 0.238. The molecule has 0 aromatic heterocycles. The van der Waals surface area contributed by atoms with Crippen molar-refractivity contribution in [2.75, 3.05) is 10.2 Å². The monoisotopic (exact) mass is 377 g/mol. The van der Waals surface area contributed by atoms with Gasteiger partial charge in [-0.25, -0.2) is 0 Å². The highest BCUT2D eigenvalue weighted by molar-refractivity contribution is 6.05. The van der Waals surface area contributed by atoms with Crippen molar-refractivity contribution in [3.8, 4) is 0 Å². The summed E-state index contributed by atoms with van der Waals surface area (Å²) in [6.45, 7) is 1.47. The van der Waals surface area contributed by atoms with Gasteiger partial charge in [-0.15, -0.1) is 0 Å². The summed E-state index contributed by atoms with van der Waals surface area (Å²) in [6.07, 6.45) is 1.89. The summed E-state index contributed by atoms with van der Waals surface area (Å²) >= 11 is 0. The number of amides is 1. The molecule has 0 fully saturated rings. The summed E-state index contributed by atoms with van der Waals surface area (Å²) in [5.41, 5.74) is 3.46. The van der Waals surface area contributed by atoms with Crippen LogP contribution >= 0.6 is 0 Å². The molecule has 28 heavy (non-hydrogen) atoms. The van der Waals surface area contributed by atoms with Gasteiger partial charge in [-0.2, -0.15) is 0 Å². The van der Waals surface area contributed by atoms with Gasteiger partial charge in [-0.3, -0.25) is 24.6 Å². The smallest absolute Gasteiger partial charge is 0.269 e. The molecule has 0 saturated heterocycles. The summed E-state index contributed by atoms with van der Waals surface area (Å²) in [6, 6.07) is 12.9. The van der Waals surface area contributed by atoms with E-state index in [1.165, 1.54) is 19.1 Å². The molecule has 142 valence electrons. The number of allylic oxidation sites excluding steroid dienone is 1. The van der Waals surface area contributed by atoms with Crippen molar-refractivity contribution in [1.82, 2.24) is 0 Å². The molecule has 1 aliphatic heterocycles. The third-order valence-corrected chi connectivity index (χ3v) is 5.20. The Morgan fingerprint density at radius 3 is 2.54 bits per heavy atom. The Hall–Kier alpha value is -3.48. The van der Waals surface area contributed by atoms with Gasteiger partial charge in [0, 0.05) is 36.7 Å². The maximum atomic E-state index is 12.9. The number of carbonyl (C=O) groups excluding carboxylic acids is 2. The second-order valence-electron chi connectivity index (χ2n) is 6.95. The van der Waals surface area contributed by atoms with Crippen LogP contribution in [0.15, 0.2) is 59.8 Å². The number of Topliss-reactive ketones (excluding diaryl/α,β-unsaturated/α-hetero) is 1. The zero-order valence-corrected chi connectivity index (χ0v) is 15.3. The van der Waals surface area contributed by atoms with Crippen LogP contribution in [0.2, 0.25) is 0 Å². The Balaban J connectivity index is 1.95. The van der Waals surface area contributed by atoms with E-state index in [0.717, 1.165) is 17.8 Å². The number of hydrogen-bond acceptors (Lipinski definition) is 5. The van der Waals surface area contributed by atoms with Crippen molar-refractivity contribution in [3.63, 3.8) is 0 Å². The van der Waals surface area contributed by atoms with E-state index < -0.39 is 11.0 Å². The van der Waals surface area contributed by atoms with Gasteiger partial charge < -0.3 is 5.32 Å². The Morgan fingerprint density at radius 1 is 1.14 bits per heavy atom. The molecule has 2 aromatic rings. The molecule has 2 aliphatic rings. The van der Waals surface area contributed by atoms with Crippen molar-refractivity contribution in [1.29, 1.82) is 0 Å². The van der Waals surface area contributed by atoms with E-state index in [1.54, 1.807) is 17.0 Å². The first-order valence-corrected chi connectivity index (χ1v) is 9.14. The minimum absolute atomic E-state index is 0.00356. The van der Waals surface area contributed by atoms with Crippen molar-refractivity contribution in [2.24, 2.45) is 0 Å². The highest BCUT2D eigenvalue weighted by Gasteiger charge is 2.38. The number of para-hydroxylation sites is 2. The average molecular weight is 377 g/mol. The van der Waals surface area contributed by atoms with Crippen molar-refractivity contribution < 1.29 is 14.5 Å². The van der Waals surface area contributed by atoms with E-state index in [9.17, 15) is 19.7 Å². The van der Waals surface area contributed by atoms with Gasteiger partial charge in [0.25, 0.3) is 5.69 Å². The summed E-state index contributed by atoms with van der Waals surface area (Å²) in [5.74, 6) is -0.208. The molecule has 0 radical (unpaired) electrons. The molecule has 1 atom stereocenters. The second kappa shape index (κ2) is 6.92. The van der Waals surface area contributed by atoms with Crippen LogP contribution in [0, 0.1) is 10.1 Å². The minimum Gasteiger partial charge on any atom is -0.357 e. The van der Waals surface area contributed by atoms with Gasteiger partial charge in [-0.05, 0) is 42.7 Å². The zero-order valence-electron chi connectivity index (χ0n) is 15.3. The molecule has 1 N–H and O–H groups in total. The van der Waals surface area contributed by atoms with E-state index in [2.05, 4.69) is 5.32 Å². The number of carbonyl (C=O) groups is 2. The summed E-state index contributed by atoms with van der Waals surface area (Å²) in [4.78, 5) is 37.8. The van der Waals surface area contributed by atoms with Crippen molar-refractivity contribution >= 4 is 28.8 Å². The van der Waals surface area contributed by atoms with Crippen LogP contribution in [0.3, 0.4) is 0 Å². The molecule has 1 aliphatic carbocycles. The molecular weight excluding hydrogens is 358 g/mol. The van der Waals surface area contributed by atoms with E-state index >= 15 is 0 Å². The quantitative estimate of drug-likeness (QED) is 0.628. The lowest BCUT2D eigenvalue weighted by Crippen LogP contribution is -2.36. The maximum absolute atomic E-state index is 12.9. The van der Waals surface area contributed by atoms with Crippen LogP contribution in [-0.2, 0) is 9.59 Å². The predicted octanol–water partition coefficient (Wildman–Crippen LogP) is 4.12. The number of fused-ring (bicyclic) bond motifs is 1. The number of anilines is 2. The van der Waals surface area contributed by atoms with E-state index in [0.29, 0.717) is 29.7 Å². The molecule has 7 nitrogen and oxygen atoms in total. The first-order valence-electron chi connectivity index (χ1n) is 9.14. The number of rotatable bonds is 2. The number of nitro benzene ring substituents is 1. The highest BCUT2D eigenvalue weighted by Crippen LogP contribution is 2.44. The topological polar surface area (TPSA) is 92.6 Å². The number of nitrogens with one attached hydrogen (secondary N) is 1. The van der Waals surface area contributed by atoms with Gasteiger partial charge >= 0.3 is 0 Å². The lowest BCUT2D eigenvalue weighted by Gasteiger charge is -2.33. The first kappa shape index (κ1) is 17.9. The molecule has 0 unspecified atom stereocenters. The molecule has 1 heterocycles. The largest absolute Gasteiger partial charge is 0.357 e. The lowest BCUT2D eigenvalue weighted by atomic mass is 9.86. The Morgan fingerprint density at radius 2 is 1.86 bits per heavy atom. The summed E-state index contributed by atoms with van der Waals surface area (Å²) in [7, 11) is 0. The van der Waals surface area contributed by atoms with Crippen LogP contribution in [0.5, 0.6) is 0 Å². The van der Waals surface area contributed by atoms with E-state index in [4.69, 9.17) is 0 Å². The van der Waals surface area contributed by atoms with Crippen LogP contribution < -0.4 is 10.2 Å². The second-order valence-corrected chi connectivity index (χ2v) is 6.95. The van der Waals surface area contributed by atoms with Crippen LogP contribution in [0.25, 0.3) is 0 Å². The Bertz CT molecular complexity index is 1010. The number of hydrogen-bond donors (Lipinski definition) is 1. The Labute approximate surface area is 161 Å². The fourth-order valence-electron chi connectivity index (χ4n) is 3.98. The molecule has 7 heteroatoms. The number of ketones is 1. The number of non-ortho nitro benzene ring substituents is 1. The molecule has 0 bridgehead atoms. The first-order chi connectivity index (χ1) is 13.5. The number of nitro groups is 1. The maximum Gasteiger partial charge on any atom is 0.269 e. The molecule has 4 rings (SSSR count). The van der Waals surface area contributed by atoms with Crippen molar-refractivity contribution in [2.45, 2.75) is 32.2 Å². The van der Waals surface area contributed by atoms with Gasteiger partial charge in [0.1, 0.15) is 0 Å². The van der Waals surface area contributed by atoms with Gasteiger partial charge in [0.05, 0.1) is 22.3 Å². The molecule has 2 aromatic carbocycles. The fourth-order valence-corrected chi connectivity index (χ4v) is 3.98. The standard InChI is InChI=1S/C21H19N3O4/c1-13(25)23-18-7-3-2-5-16(18)22-17-6-4-8-19(26)20(17)21(23)14-9-11-15(12-10-14)24(27)28/h2-3,5,7,9-12,21-22H,4,6,8H2,1H3/t21-/m1/s1. The molecular formula is C21H19N3O4. The SMILES string of the molecule is CC(=O)N1c2ccccc2NC2=C(C(=O)CCC2)[C@H]1c1ccc([N+](=O)[O-])cc1. The highest BCUT2D eigenvalue weighted by atomic mass is 16.6. The van der Waals surface area contributed by atoms with Gasteiger partial charge in [0.15, 0.2) is 5.78 Å². The lowest BCUT2D eigenvalue weighted by molar-refractivity contribution is -0.384. The van der Waals surface area contributed by atoms with Gasteiger partial charge in [0.2, 0.25) is 5.91 Å². The number of nitrogens with zero attached hydrogens (tertiary/aromatic N) is 2. The predicted molar refractivity (Wildman–Crippen MR) is 105 cm³/mol. The third kappa shape index (κ3) is 2.94. The van der Waals surface area contributed by atoms with Crippen LogP contribution in [-0.4, -0.2) is 16.6 Å². The normalized spacial score (nSPS) is 18.7. The summed E-state index contributed by atoms with van der Waals surface area (Å²) < 4.78 is 0.